The van der Waals surface area contributed by atoms with E-state index in [4.69, 9.17) is 10.2 Å². The molecule has 6 atom stereocenters. The fourth-order valence-electron chi connectivity index (χ4n) is 2.94. The molecule has 0 spiro atoms. The third-order valence-electron chi connectivity index (χ3n) is 5.57. The third-order valence-corrected chi connectivity index (χ3v) is 5.57. The van der Waals surface area contributed by atoms with E-state index in [0.29, 0.717) is 0 Å². The number of hydrogen-bond acceptors (Lipinski definition) is 16. The monoisotopic (exact) mass is 972 g/mol. The van der Waals surface area contributed by atoms with Crippen molar-refractivity contribution < 1.29 is 165 Å². The summed E-state index contributed by atoms with van der Waals surface area (Å²) < 4.78 is 277. The van der Waals surface area contributed by atoms with E-state index in [1.807, 2.05) is 0 Å². The van der Waals surface area contributed by atoms with Gasteiger partial charge in [0.15, 0.2) is 51.6 Å². The Morgan fingerprint density at radius 3 is 0.871 bits per heavy atom. The molecule has 0 fully saturated rings. The molecule has 36 heteroatoms. The lowest BCUT2D eigenvalue weighted by Gasteiger charge is -2.26. The molecule has 0 aromatic carbocycles. The Morgan fingerprint density at radius 1 is 0.387 bits per heavy atom. The van der Waals surface area contributed by atoms with Gasteiger partial charge in [-0.1, -0.05) is 0 Å². The largest absolute Gasteiger partial charge is 0.480 e. The topological polar surface area (TPSA) is 219 Å². The van der Waals surface area contributed by atoms with Crippen LogP contribution in [-0.2, 0) is 76.0 Å². The van der Waals surface area contributed by atoms with Crippen LogP contribution in [0.5, 0.6) is 0 Å². The zero-order chi connectivity index (χ0) is 48.6. The molecule has 0 radical (unpaired) electrons. The molecule has 0 aromatic heterocycles. The second kappa shape index (κ2) is 28.1. The minimum atomic E-state index is -5.49. The molecule has 62 heavy (non-hydrogen) atoms. The van der Waals surface area contributed by atoms with E-state index in [1.165, 1.54) is 0 Å². The molecule has 0 aromatic rings. The van der Waals surface area contributed by atoms with Crippen LogP contribution >= 0.6 is 0 Å². The lowest BCUT2D eigenvalue weighted by molar-refractivity contribution is -0.351. The molecule has 0 aliphatic carbocycles. The number of rotatable bonds is 30. The molecular formula is C26H30F18O18. The third kappa shape index (κ3) is 29.5. The minimum Gasteiger partial charge on any atom is -0.480 e. The molecule has 0 amide bonds. The van der Waals surface area contributed by atoms with Crippen LogP contribution in [-0.4, -0.2) is 176 Å². The lowest BCUT2D eigenvalue weighted by Crippen LogP contribution is -2.43. The first-order valence-electron chi connectivity index (χ1n) is 15.2. The molecule has 0 saturated carbocycles. The molecule has 0 heterocycles. The van der Waals surface area contributed by atoms with E-state index in [-0.39, 0.29) is 12.9 Å². The van der Waals surface area contributed by atoms with Gasteiger partial charge in [-0.3, -0.25) is 9.59 Å². The molecule has 0 bridgehead atoms. The average molecular weight is 972 g/mol. The van der Waals surface area contributed by atoms with Gasteiger partial charge >= 0.3 is 49.0 Å². The van der Waals surface area contributed by atoms with Crippen molar-refractivity contribution in [3.63, 3.8) is 0 Å². The molecule has 0 saturated heterocycles. The number of alkyl halides is 18. The Balaban J connectivity index is 0. The summed E-state index contributed by atoms with van der Waals surface area (Å²) in [6.45, 7) is -15.5. The average Bonchev–Trinajstić information content (AvgIpc) is 3.08. The van der Waals surface area contributed by atoms with Gasteiger partial charge in [-0.05, 0) is 0 Å². The molecule has 0 aliphatic heterocycles. The summed E-state index contributed by atoms with van der Waals surface area (Å²) in [5.74, 6) is -3.27. The van der Waals surface area contributed by atoms with Gasteiger partial charge in [-0.2, -0.15) is 79.0 Å². The van der Waals surface area contributed by atoms with Gasteiger partial charge in [0.25, 0.3) is 25.5 Å². The van der Waals surface area contributed by atoms with Crippen molar-refractivity contribution in [1.29, 1.82) is 0 Å². The van der Waals surface area contributed by atoms with Gasteiger partial charge in [0.2, 0.25) is 0 Å². The van der Waals surface area contributed by atoms with Gasteiger partial charge in [-0.15, -0.1) is 0 Å². The highest BCUT2D eigenvalue weighted by Gasteiger charge is 2.49. The Labute approximate surface area is 331 Å². The van der Waals surface area contributed by atoms with E-state index in [0.717, 1.165) is 0 Å². The molecule has 0 aliphatic rings. The highest BCUT2D eigenvalue weighted by Crippen LogP contribution is 2.31. The fraction of sp³-hybridized carbons (Fsp3) is 0.846. The van der Waals surface area contributed by atoms with Crippen LogP contribution in [0, 0.1) is 0 Å². The summed E-state index contributed by atoms with van der Waals surface area (Å²) in [4.78, 5) is 40.1. The van der Waals surface area contributed by atoms with Crippen LogP contribution in [0.4, 0.5) is 79.0 Å². The first kappa shape index (κ1) is 60.3. The number of carbonyl (C=O) groups excluding carboxylic acids is 2. The summed E-state index contributed by atoms with van der Waals surface area (Å²) in [5.41, 5.74) is 0. The van der Waals surface area contributed by atoms with E-state index in [9.17, 15) is 98.2 Å². The lowest BCUT2D eigenvalue weighted by atomic mass is 10.3. The van der Waals surface area contributed by atoms with Gasteiger partial charge in [0.05, 0.1) is 26.4 Å². The number of carboxylic acids is 2. The molecule has 2 N–H and O–H groups in total. The molecule has 0 rings (SSSR count). The first-order chi connectivity index (χ1) is 28.2. The number of carboxylic acid groups (broad SMARTS) is 2. The van der Waals surface area contributed by atoms with Crippen molar-refractivity contribution in [3.05, 3.63) is 0 Å². The maximum absolute atomic E-state index is 12.8. The second-order valence-corrected chi connectivity index (χ2v) is 10.3. The van der Waals surface area contributed by atoms with Gasteiger partial charge in [-0.25, -0.2) is 9.59 Å². The second-order valence-electron chi connectivity index (χ2n) is 10.3. The SMILES string of the molecule is O=COCOC(COC(OCOC(COCC(=O)O)C(F)(F)F)C(F)(F)F)C(F)(F)F.O=COCOC(COC(OCOC(COCC(=O)O)C(F)(F)F)C(F)(F)F)C(F)(F)F. The number of ether oxygens (including phenoxy) is 12. The van der Waals surface area contributed by atoms with E-state index in [1.54, 1.807) is 0 Å². The quantitative estimate of drug-likeness (QED) is 0.0450. The summed E-state index contributed by atoms with van der Waals surface area (Å²) in [5, 5.41) is 16.5. The zero-order valence-corrected chi connectivity index (χ0v) is 29.9. The van der Waals surface area contributed by atoms with Crippen LogP contribution < -0.4 is 0 Å². The summed E-state index contributed by atoms with van der Waals surface area (Å²) in [7, 11) is 0. The zero-order valence-electron chi connectivity index (χ0n) is 29.9. The standard InChI is InChI=1S/2C13H15F9O9/c2*14-11(15,16)7(1-26-3-9(24)25)30-6-31-10(13(20,21)22)28-2-8(12(17,18)19)29-5-27-4-23/h2*4,7-8,10H,1-3,5-6H2,(H,24,25). The van der Waals surface area contributed by atoms with Gasteiger partial charge in [0.1, 0.15) is 13.2 Å². The predicted molar refractivity (Wildman–Crippen MR) is 148 cm³/mol. The number of hydrogen-bond donors (Lipinski definition) is 2. The van der Waals surface area contributed by atoms with E-state index in [2.05, 4.69) is 56.8 Å². The normalized spacial score (nSPS) is 15.9. The maximum Gasteiger partial charge on any atom is 0.440 e. The maximum atomic E-state index is 12.8. The van der Waals surface area contributed by atoms with Crippen molar-refractivity contribution in [3.8, 4) is 0 Å². The van der Waals surface area contributed by atoms with Crippen molar-refractivity contribution >= 4 is 24.9 Å². The smallest absolute Gasteiger partial charge is 0.440 e. The minimum absolute atomic E-state index is 0.301. The highest BCUT2D eigenvalue weighted by atomic mass is 19.4. The number of carbonyl (C=O) groups is 4. The van der Waals surface area contributed by atoms with Crippen LogP contribution in [0.2, 0.25) is 0 Å². The van der Waals surface area contributed by atoms with Crippen molar-refractivity contribution in [2.24, 2.45) is 0 Å². The summed E-state index contributed by atoms with van der Waals surface area (Å²) >= 11 is 0. The number of aliphatic carboxylic acids is 2. The number of halogens is 18. The fourth-order valence-corrected chi connectivity index (χ4v) is 2.94. The van der Waals surface area contributed by atoms with E-state index < -0.39 is 153 Å². The molecular weight excluding hydrogens is 942 g/mol. The van der Waals surface area contributed by atoms with Gasteiger partial charge < -0.3 is 67.1 Å². The van der Waals surface area contributed by atoms with Crippen molar-refractivity contribution in [1.82, 2.24) is 0 Å². The summed E-state index contributed by atoms with van der Waals surface area (Å²) in [6.07, 6.45) is -50.7. The molecule has 6 unspecified atom stereocenters. The summed E-state index contributed by atoms with van der Waals surface area (Å²) in [6, 6.07) is 0. The van der Waals surface area contributed by atoms with Crippen LogP contribution in [0.15, 0.2) is 0 Å². The van der Waals surface area contributed by atoms with E-state index >= 15 is 0 Å². The van der Waals surface area contributed by atoms with Crippen LogP contribution in [0.1, 0.15) is 0 Å². The molecule has 368 valence electrons. The Bertz CT molecular complexity index is 1170. The first-order valence-corrected chi connectivity index (χ1v) is 15.2. The Hall–Kier alpha value is -3.78. The highest BCUT2D eigenvalue weighted by molar-refractivity contribution is 5.68. The van der Waals surface area contributed by atoms with Crippen molar-refractivity contribution in [2.45, 2.75) is 74.1 Å². The Kier molecular flexibility index (Phi) is 27.3. The Morgan fingerprint density at radius 2 is 0.645 bits per heavy atom. The van der Waals surface area contributed by atoms with Crippen LogP contribution in [0.3, 0.4) is 0 Å². The molecule has 18 nitrogen and oxygen atoms in total. The van der Waals surface area contributed by atoms with Crippen molar-refractivity contribution in [2.75, 3.05) is 66.8 Å². The van der Waals surface area contributed by atoms with Crippen LogP contribution in [0.25, 0.3) is 0 Å². The van der Waals surface area contributed by atoms with Gasteiger partial charge in [0, 0.05) is 0 Å². The predicted octanol–water partition coefficient (Wildman–Crippen LogP) is 3.98.